The number of nitrogens with zero attached hydrogens (tertiary/aromatic N) is 1. The van der Waals surface area contributed by atoms with Crippen LogP contribution in [0, 0.1) is 0 Å². The lowest BCUT2D eigenvalue weighted by molar-refractivity contribution is -0.148. The Morgan fingerprint density at radius 1 is 0.686 bits per heavy atom. The Kier molecular flexibility index (Phi) is 5.11. The second-order valence-electron chi connectivity index (χ2n) is 8.94. The van der Waals surface area contributed by atoms with Crippen molar-refractivity contribution in [1.29, 1.82) is 0 Å². The van der Waals surface area contributed by atoms with Crippen molar-refractivity contribution in [2.75, 3.05) is 7.11 Å². The number of hydrogen-bond acceptors (Lipinski definition) is 2. The topological polar surface area (TPSA) is 31.2 Å². The lowest BCUT2D eigenvalue weighted by atomic mass is 9.79. The number of benzene rings is 5. The van der Waals surface area contributed by atoms with Gasteiger partial charge in [-0.3, -0.25) is 0 Å². The van der Waals surface area contributed by atoms with E-state index in [2.05, 4.69) is 83.4 Å². The largest absolute Gasteiger partial charge is 0.467 e. The molecule has 1 aromatic heterocycles. The van der Waals surface area contributed by atoms with Crippen molar-refractivity contribution in [3.8, 4) is 0 Å². The van der Waals surface area contributed by atoms with E-state index in [0.717, 1.165) is 43.6 Å². The Hall–Kier alpha value is -4.37. The number of rotatable bonds is 5. The Bertz CT molecular complexity index is 1690. The molecular formula is C32H25NO2. The Morgan fingerprint density at radius 3 is 2.06 bits per heavy atom. The first kappa shape index (κ1) is 21.2. The Balaban J connectivity index is 1.73. The molecule has 0 radical (unpaired) electrons. The van der Waals surface area contributed by atoms with Crippen LogP contribution in [0.1, 0.15) is 11.1 Å². The quantitative estimate of drug-likeness (QED) is 0.260. The molecule has 0 saturated carbocycles. The average molecular weight is 456 g/mol. The molecule has 0 fully saturated rings. The van der Waals surface area contributed by atoms with Crippen LogP contribution in [0.15, 0.2) is 121 Å². The Morgan fingerprint density at radius 2 is 1.29 bits per heavy atom. The summed E-state index contributed by atoms with van der Waals surface area (Å²) in [5, 5.41) is 5.50. The van der Waals surface area contributed by atoms with Gasteiger partial charge >= 0.3 is 5.97 Å². The molecule has 5 aromatic carbocycles. The highest BCUT2D eigenvalue weighted by molar-refractivity contribution is 5.96. The van der Waals surface area contributed by atoms with Crippen molar-refractivity contribution in [3.05, 3.63) is 133 Å². The summed E-state index contributed by atoms with van der Waals surface area (Å²) in [6.45, 7) is 0. The maximum atomic E-state index is 14.1. The van der Waals surface area contributed by atoms with Crippen LogP contribution < -0.4 is 0 Å². The number of fused-ring (bicyclic) bond motifs is 3. The van der Waals surface area contributed by atoms with E-state index in [1.807, 2.05) is 42.6 Å². The van der Waals surface area contributed by atoms with Crippen molar-refractivity contribution >= 4 is 38.4 Å². The van der Waals surface area contributed by atoms with Crippen molar-refractivity contribution in [2.24, 2.45) is 0 Å². The zero-order chi connectivity index (χ0) is 23.8. The summed E-state index contributed by atoms with van der Waals surface area (Å²) in [7, 11) is 1.48. The first-order valence-corrected chi connectivity index (χ1v) is 11.8. The number of para-hydroxylation sites is 1. The van der Waals surface area contributed by atoms with Crippen LogP contribution in [-0.4, -0.2) is 17.6 Å². The zero-order valence-electron chi connectivity index (χ0n) is 19.5. The predicted octanol–water partition coefficient (Wildman–Crippen LogP) is 7.11. The lowest BCUT2D eigenvalue weighted by Gasteiger charge is -2.35. The van der Waals surface area contributed by atoms with Crippen LogP contribution in [0.25, 0.3) is 32.4 Å². The molecule has 35 heavy (non-hydrogen) atoms. The maximum Gasteiger partial charge on any atom is 0.337 e. The van der Waals surface area contributed by atoms with Gasteiger partial charge in [-0.05, 0) is 50.2 Å². The second-order valence-corrected chi connectivity index (χ2v) is 8.94. The third kappa shape index (κ3) is 3.31. The fraction of sp³-hybridized carbons (Fsp3) is 0.0938. The Labute approximate surface area is 204 Å². The molecule has 6 aromatic rings. The van der Waals surface area contributed by atoms with Gasteiger partial charge in [-0.25, -0.2) is 4.79 Å². The van der Waals surface area contributed by atoms with E-state index in [-0.39, 0.29) is 5.97 Å². The lowest BCUT2D eigenvalue weighted by Crippen LogP contribution is -2.46. The number of carbonyl (C=O) groups excluding carboxylic acids is 1. The van der Waals surface area contributed by atoms with Crippen LogP contribution in [0.2, 0.25) is 0 Å². The minimum atomic E-state index is -1.11. The molecule has 1 atom stereocenters. The van der Waals surface area contributed by atoms with Gasteiger partial charge in [0.15, 0.2) is 5.54 Å². The van der Waals surface area contributed by atoms with Crippen LogP contribution in [0.3, 0.4) is 0 Å². The van der Waals surface area contributed by atoms with Gasteiger partial charge in [-0.1, -0.05) is 103 Å². The van der Waals surface area contributed by atoms with E-state index in [0.29, 0.717) is 6.42 Å². The molecule has 3 heteroatoms. The van der Waals surface area contributed by atoms with E-state index in [1.54, 1.807) is 0 Å². The minimum absolute atomic E-state index is 0.289. The van der Waals surface area contributed by atoms with E-state index < -0.39 is 5.54 Å². The van der Waals surface area contributed by atoms with Crippen molar-refractivity contribution in [3.63, 3.8) is 0 Å². The second kappa shape index (κ2) is 8.44. The first-order chi connectivity index (χ1) is 17.2. The zero-order valence-corrected chi connectivity index (χ0v) is 19.5. The summed E-state index contributed by atoms with van der Waals surface area (Å²) >= 11 is 0. The third-order valence-corrected chi connectivity index (χ3v) is 7.10. The summed E-state index contributed by atoms with van der Waals surface area (Å²) in [5.74, 6) is -0.289. The summed E-state index contributed by atoms with van der Waals surface area (Å²) < 4.78 is 7.73. The van der Waals surface area contributed by atoms with Crippen LogP contribution >= 0.6 is 0 Å². The van der Waals surface area contributed by atoms with Crippen LogP contribution in [0.5, 0.6) is 0 Å². The van der Waals surface area contributed by atoms with Crippen molar-refractivity contribution in [2.45, 2.75) is 12.0 Å². The molecule has 0 aliphatic heterocycles. The predicted molar refractivity (Wildman–Crippen MR) is 143 cm³/mol. The molecular weight excluding hydrogens is 430 g/mol. The number of hydrogen-bond donors (Lipinski definition) is 0. The smallest absolute Gasteiger partial charge is 0.337 e. The highest BCUT2D eigenvalue weighted by Gasteiger charge is 2.45. The maximum absolute atomic E-state index is 14.1. The van der Waals surface area contributed by atoms with Crippen molar-refractivity contribution in [1.82, 2.24) is 4.57 Å². The fourth-order valence-corrected chi connectivity index (χ4v) is 5.48. The summed E-state index contributed by atoms with van der Waals surface area (Å²) in [4.78, 5) is 14.1. The van der Waals surface area contributed by atoms with Gasteiger partial charge < -0.3 is 9.30 Å². The van der Waals surface area contributed by atoms with Gasteiger partial charge in [-0.15, -0.1) is 0 Å². The molecule has 0 N–H and O–H groups in total. The molecule has 0 saturated heterocycles. The molecule has 170 valence electrons. The molecule has 6 rings (SSSR count). The normalized spacial score (nSPS) is 13.2. The van der Waals surface area contributed by atoms with Gasteiger partial charge in [0.1, 0.15) is 0 Å². The fourth-order valence-electron chi connectivity index (χ4n) is 5.48. The van der Waals surface area contributed by atoms with E-state index >= 15 is 0 Å². The monoisotopic (exact) mass is 455 g/mol. The molecule has 0 aliphatic carbocycles. The van der Waals surface area contributed by atoms with Gasteiger partial charge in [-0.2, -0.15) is 0 Å². The average Bonchev–Trinajstić information content (AvgIpc) is 3.36. The molecule has 0 aliphatic rings. The van der Waals surface area contributed by atoms with Gasteiger partial charge in [0.25, 0.3) is 0 Å². The summed E-state index contributed by atoms with van der Waals surface area (Å²) in [6.07, 6.45) is 2.47. The molecule has 0 unspecified atom stereocenters. The van der Waals surface area contributed by atoms with Crippen LogP contribution in [0.4, 0.5) is 0 Å². The molecule has 0 bridgehead atoms. The number of methoxy groups -OCH3 is 1. The van der Waals surface area contributed by atoms with E-state index in [4.69, 9.17) is 4.74 Å². The minimum Gasteiger partial charge on any atom is -0.467 e. The third-order valence-electron chi connectivity index (χ3n) is 7.10. The highest BCUT2D eigenvalue weighted by atomic mass is 16.5. The number of aromatic nitrogens is 1. The molecule has 3 nitrogen and oxygen atoms in total. The first-order valence-electron chi connectivity index (χ1n) is 11.8. The van der Waals surface area contributed by atoms with Crippen LogP contribution in [-0.2, 0) is 21.5 Å². The molecule has 0 amide bonds. The number of esters is 1. The van der Waals surface area contributed by atoms with Crippen molar-refractivity contribution < 1.29 is 9.53 Å². The number of ether oxygens (including phenoxy) is 1. The van der Waals surface area contributed by atoms with E-state index in [1.165, 1.54) is 7.11 Å². The molecule has 0 spiro atoms. The standard InChI is InChI=1S/C32H25NO2/c1-35-31(34)32(33-21-20-25-12-4-7-19-30(25)33,29-18-9-14-24-11-3-6-17-28(24)29)22-26-15-8-13-23-10-2-5-16-27(23)26/h2-21H,22H2,1H3/t32-/m0/s1. The summed E-state index contributed by atoms with van der Waals surface area (Å²) in [6, 6.07) is 39.3. The number of carbonyl (C=O) groups is 1. The highest BCUT2D eigenvalue weighted by Crippen LogP contribution is 2.40. The van der Waals surface area contributed by atoms with Gasteiger partial charge in [0.2, 0.25) is 0 Å². The van der Waals surface area contributed by atoms with Gasteiger partial charge in [0, 0.05) is 18.1 Å². The van der Waals surface area contributed by atoms with E-state index in [9.17, 15) is 4.79 Å². The molecule has 1 heterocycles. The van der Waals surface area contributed by atoms with Gasteiger partial charge in [0.05, 0.1) is 7.11 Å². The summed E-state index contributed by atoms with van der Waals surface area (Å²) in [5.41, 5.74) is 1.91. The SMILES string of the molecule is COC(=O)[C@](Cc1cccc2ccccc12)(c1cccc2ccccc12)n1ccc2ccccc21.